The SMILES string of the molecule is COc1cccc(N=C(NO)/C(C)=N/N=C/c2ccc(N(CCCl)CCCl)cc2)c1. The number of nitrogens with zero attached hydrogens (tertiary/aromatic N) is 4. The van der Waals surface area contributed by atoms with Gasteiger partial charge in [-0.05, 0) is 36.8 Å². The molecule has 0 atom stereocenters. The lowest BCUT2D eigenvalue weighted by molar-refractivity contribution is 0.236. The first kappa shape index (κ1) is 23.7. The van der Waals surface area contributed by atoms with Crippen LogP contribution in [0, 0.1) is 0 Å². The summed E-state index contributed by atoms with van der Waals surface area (Å²) < 4.78 is 5.17. The van der Waals surface area contributed by atoms with Crippen LogP contribution >= 0.6 is 23.2 Å². The van der Waals surface area contributed by atoms with Gasteiger partial charge in [0.05, 0.1) is 19.0 Å². The molecule has 0 aliphatic carbocycles. The maximum atomic E-state index is 9.40. The number of hydrogen-bond acceptors (Lipinski definition) is 6. The van der Waals surface area contributed by atoms with Gasteiger partial charge in [0.1, 0.15) is 11.5 Å². The molecule has 0 amide bonds. The zero-order valence-corrected chi connectivity index (χ0v) is 18.4. The van der Waals surface area contributed by atoms with Crippen molar-refractivity contribution >= 4 is 52.3 Å². The number of methoxy groups -OCH3 is 1. The van der Waals surface area contributed by atoms with Crippen molar-refractivity contribution in [3.05, 3.63) is 54.1 Å². The van der Waals surface area contributed by atoms with Crippen LogP contribution in [0.15, 0.2) is 63.7 Å². The second-order valence-corrected chi connectivity index (χ2v) is 6.92. The minimum atomic E-state index is 0.188. The minimum absolute atomic E-state index is 0.188. The minimum Gasteiger partial charge on any atom is -0.497 e. The lowest BCUT2D eigenvalue weighted by atomic mass is 10.2. The Morgan fingerprint density at radius 1 is 1.13 bits per heavy atom. The van der Waals surface area contributed by atoms with Crippen LogP contribution < -0.4 is 15.1 Å². The summed E-state index contributed by atoms with van der Waals surface area (Å²) in [6.45, 7) is 3.16. The highest BCUT2D eigenvalue weighted by molar-refractivity contribution is 6.40. The zero-order valence-electron chi connectivity index (χ0n) is 16.9. The van der Waals surface area contributed by atoms with E-state index in [1.165, 1.54) is 0 Å². The number of rotatable bonds is 10. The molecule has 2 rings (SSSR count). The number of alkyl halides is 2. The summed E-state index contributed by atoms with van der Waals surface area (Å²) in [4.78, 5) is 6.44. The van der Waals surface area contributed by atoms with Crippen LogP contribution in [0.25, 0.3) is 0 Å². The second kappa shape index (κ2) is 12.8. The molecule has 0 unspecified atom stereocenters. The smallest absolute Gasteiger partial charge is 0.173 e. The van der Waals surface area contributed by atoms with Crippen LogP contribution in [0.5, 0.6) is 5.75 Å². The molecule has 0 fully saturated rings. The second-order valence-electron chi connectivity index (χ2n) is 6.16. The Balaban J connectivity index is 2.09. The average Bonchev–Trinajstić information content (AvgIpc) is 2.78. The van der Waals surface area contributed by atoms with E-state index in [9.17, 15) is 5.21 Å². The largest absolute Gasteiger partial charge is 0.497 e. The van der Waals surface area contributed by atoms with Gasteiger partial charge in [-0.1, -0.05) is 18.2 Å². The Kier molecular flexibility index (Phi) is 10.1. The number of nitrogens with one attached hydrogen (secondary N) is 1. The van der Waals surface area contributed by atoms with Gasteiger partial charge in [0, 0.05) is 36.6 Å². The Morgan fingerprint density at radius 3 is 2.43 bits per heavy atom. The lowest BCUT2D eigenvalue weighted by Crippen LogP contribution is -2.27. The van der Waals surface area contributed by atoms with Crippen molar-refractivity contribution in [3.8, 4) is 5.75 Å². The van der Waals surface area contributed by atoms with E-state index < -0.39 is 0 Å². The lowest BCUT2D eigenvalue weighted by Gasteiger charge is -2.22. The summed E-state index contributed by atoms with van der Waals surface area (Å²) in [6.07, 6.45) is 1.63. The molecular formula is C21H25Cl2N5O2. The number of ether oxygens (including phenoxy) is 1. The van der Waals surface area contributed by atoms with Gasteiger partial charge >= 0.3 is 0 Å². The van der Waals surface area contributed by atoms with Crippen LogP contribution in [0.4, 0.5) is 11.4 Å². The van der Waals surface area contributed by atoms with Crippen molar-refractivity contribution in [2.45, 2.75) is 6.92 Å². The molecule has 0 bridgehead atoms. The van der Waals surface area contributed by atoms with Gasteiger partial charge in [-0.3, -0.25) is 10.7 Å². The van der Waals surface area contributed by atoms with E-state index in [2.05, 4.69) is 25.6 Å². The molecule has 0 heterocycles. The van der Waals surface area contributed by atoms with E-state index in [0.29, 0.717) is 28.9 Å². The molecule has 0 aromatic heterocycles. The van der Waals surface area contributed by atoms with Crippen molar-refractivity contribution < 1.29 is 9.94 Å². The Morgan fingerprint density at radius 2 is 1.83 bits per heavy atom. The fourth-order valence-electron chi connectivity index (χ4n) is 2.57. The third kappa shape index (κ3) is 7.33. The number of hydroxylamine groups is 1. The number of anilines is 1. The van der Waals surface area contributed by atoms with Crippen LogP contribution in [0.2, 0.25) is 0 Å². The molecule has 0 aliphatic heterocycles. The fourth-order valence-corrected chi connectivity index (χ4v) is 2.98. The van der Waals surface area contributed by atoms with Crippen LogP contribution in [-0.4, -0.2) is 54.9 Å². The van der Waals surface area contributed by atoms with E-state index in [-0.39, 0.29) is 5.84 Å². The molecule has 7 nitrogen and oxygen atoms in total. The van der Waals surface area contributed by atoms with Gasteiger partial charge in [-0.2, -0.15) is 10.2 Å². The van der Waals surface area contributed by atoms with Crippen molar-refractivity contribution in [1.82, 2.24) is 5.48 Å². The number of hydrogen-bond donors (Lipinski definition) is 2. The van der Waals surface area contributed by atoms with E-state index in [1.807, 2.05) is 36.4 Å². The third-order valence-corrected chi connectivity index (χ3v) is 4.46. The molecule has 2 aromatic rings. The molecule has 9 heteroatoms. The fraction of sp³-hybridized carbons (Fsp3) is 0.286. The highest BCUT2D eigenvalue weighted by Crippen LogP contribution is 2.19. The van der Waals surface area contributed by atoms with E-state index in [1.54, 1.807) is 32.4 Å². The topological polar surface area (TPSA) is 81.8 Å². The summed E-state index contributed by atoms with van der Waals surface area (Å²) in [7, 11) is 1.58. The number of halogens is 2. The van der Waals surface area contributed by atoms with E-state index in [4.69, 9.17) is 27.9 Å². The van der Waals surface area contributed by atoms with Crippen LogP contribution in [0.1, 0.15) is 12.5 Å². The molecule has 0 aliphatic rings. The van der Waals surface area contributed by atoms with Crippen LogP contribution in [-0.2, 0) is 0 Å². The van der Waals surface area contributed by atoms with E-state index >= 15 is 0 Å². The molecule has 2 N–H and O–H groups in total. The summed E-state index contributed by atoms with van der Waals surface area (Å²) in [5.41, 5.74) is 5.02. The summed E-state index contributed by atoms with van der Waals surface area (Å²) >= 11 is 11.7. The first-order valence-electron chi connectivity index (χ1n) is 9.29. The molecular weight excluding hydrogens is 425 g/mol. The zero-order chi connectivity index (χ0) is 21.8. The average molecular weight is 450 g/mol. The van der Waals surface area contributed by atoms with Gasteiger partial charge in [-0.15, -0.1) is 23.2 Å². The van der Waals surface area contributed by atoms with Gasteiger partial charge in [0.25, 0.3) is 0 Å². The van der Waals surface area contributed by atoms with Crippen molar-refractivity contribution in [1.29, 1.82) is 0 Å². The van der Waals surface area contributed by atoms with Gasteiger partial charge < -0.3 is 9.64 Å². The van der Waals surface area contributed by atoms with Crippen LogP contribution in [0.3, 0.4) is 0 Å². The Hall–Kier alpha value is -2.61. The number of benzene rings is 2. The highest BCUT2D eigenvalue weighted by atomic mass is 35.5. The number of amidine groups is 1. The van der Waals surface area contributed by atoms with Gasteiger partial charge in [-0.25, -0.2) is 4.99 Å². The summed E-state index contributed by atoms with van der Waals surface area (Å²) in [5, 5.41) is 17.6. The predicted molar refractivity (Wildman–Crippen MR) is 126 cm³/mol. The molecule has 30 heavy (non-hydrogen) atoms. The normalized spacial score (nSPS) is 12.3. The quantitative estimate of drug-likeness (QED) is 0.242. The number of aliphatic imine (C=N–C) groups is 1. The molecule has 0 saturated heterocycles. The monoisotopic (exact) mass is 449 g/mol. The van der Waals surface area contributed by atoms with Gasteiger partial charge in [0.15, 0.2) is 5.84 Å². The summed E-state index contributed by atoms with van der Waals surface area (Å²) in [6, 6.07) is 15.0. The van der Waals surface area contributed by atoms with Crippen molar-refractivity contribution in [3.63, 3.8) is 0 Å². The highest BCUT2D eigenvalue weighted by Gasteiger charge is 2.05. The third-order valence-electron chi connectivity index (χ3n) is 4.12. The summed E-state index contributed by atoms with van der Waals surface area (Å²) in [5.74, 6) is 1.92. The Bertz CT molecular complexity index is 879. The molecule has 0 saturated carbocycles. The first-order valence-corrected chi connectivity index (χ1v) is 10.4. The van der Waals surface area contributed by atoms with Gasteiger partial charge in [0.2, 0.25) is 0 Å². The first-order chi connectivity index (χ1) is 14.6. The molecule has 160 valence electrons. The molecule has 0 radical (unpaired) electrons. The van der Waals surface area contributed by atoms with Crippen molar-refractivity contribution in [2.75, 3.05) is 36.9 Å². The molecule has 0 spiro atoms. The maximum absolute atomic E-state index is 9.40. The predicted octanol–water partition coefficient (Wildman–Crippen LogP) is 4.48. The van der Waals surface area contributed by atoms with Crippen molar-refractivity contribution in [2.24, 2.45) is 15.2 Å². The maximum Gasteiger partial charge on any atom is 0.173 e. The van der Waals surface area contributed by atoms with E-state index in [0.717, 1.165) is 24.3 Å². The standard InChI is InChI=1S/C21H25Cl2N5O2/c1-16(21(27-29)25-18-4-3-5-20(14-18)30-2)26-24-15-17-6-8-19(9-7-17)28(12-10-22)13-11-23/h3-9,14-15,29H,10-13H2,1-2H3,(H,25,27)/b24-15+,26-16+. The molecule has 2 aromatic carbocycles. The Labute approximate surface area is 186 Å².